The summed E-state index contributed by atoms with van der Waals surface area (Å²) in [6.45, 7) is 1.23. The Hall–Kier alpha value is -4.33. The van der Waals surface area contributed by atoms with E-state index in [1.807, 2.05) is 42.5 Å². The number of aliphatic carboxylic acids is 1. The minimum absolute atomic E-state index is 0.189. The lowest BCUT2D eigenvalue weighted by Gasteiger charge is -2.14. The maximum atomic E-state index is 12.0. The van der Waals surface area contributed by atoms with Crippen molar-refractivity contribution in [3.63, 3.8) is 0 Å². The molecule has 0 aliphatic rings. The molecule has 0 aliphatic carbocycles. The number of carboxylic acids is 1. The Bertz CT molecular complexity index is 1110. The van der Waals surface area contributed by atoms with E-state index in [2.05, 4.69) is 10.5 Å². The molecule has 0 spiro atoms. The Labute approximate surface area is 191 Å². The first kappa shape index (κ1) is 23.3. The second-order valence-electron chi connectivity index (χ2n) is 6.98. The lowest BCUT2D eigenvalue weighted by molar-refractivity contribution is -0.144. The Morgan fingerprint density at radius 1 is 1.00 bits per heavy atom. The summed E-state index contributed by atoms with van der Waals surface area (Å²) in [5, 5.41) is 12.9. The fraction of sp³-hybridized carbons (Fsp3) is 0.160. The van der Waals surface area contributed by atoms with Gasteiger partial charge in [0.25, 0.3) is 5.91 Å². The molecule has 170 valence electrons. The van der Waals surface area contributed by atoms with Crippen molar-refractivity contribution in [2.24, 2.45) is 5.10 Å². The lowest BCUT2D eigenvalue weighted by Crippen LogP contribution is -2.24. The number of nitrogens with zero attached hydrogens (tertiary/aromatic N) is 1. The smallest absolute Gasteiger partial charge is 0.344 e. The zero-order chi connectivity index (χ0) is 23.6. The number of nitrogens with one attached hydrogen (secondary N) is 1. The third-order valence-electron chi connectivity index (χ3n) is 4.57. The second-order valence-corrected chi connectivity index (χ2v) is 6.98. The molecular weight excluding hydrogens is 424 g/mol. The van der Waals surface area contributed by atoms with Crippen molar-refractivity contribution in [1.29, 1.82) is 0 Å². The molecule has 33 heavy (non-hydrogen) atoms. The number of benzene rings is 3. The Balaban J connectivity index is 1.50. The maximum absolute atomic E-state index is 12.0. The highest BCUT2D eigenvalue weighted by molar-refractivity contribution is 5.83. The summed E-state index contributed by atoms with van der Waals surface area (Å²) in [6.07, 6.45) is 0.409. The summed E-state index contributed by atoms with van der Waals surface area (Å²) in [7, 11) is 1.44. The molecule has 0 fully saturated rings. The van der Waals surface area contributed by atoms with Gasteiger partial charge in [0.2, 0.25) is 0 Å². The van der Waals surface area contributed by atoms with Gasteiger partial charge in [0.15, 0.2) is 24.2 Å². The zero-order valence-electron chi connectivity index (χ0n) is 18.2. The second kappa shape index (κ2) is 11.3. The molecule has 3 aromatic carbocycles. The van der Waals surface area contributed by atoms with E-state index in [4.69, 9.17) is 19.3 Å². The van der Waals surface area contributed by atoms with E-state index in [-0.39, 0.29) is 6.61 Å². The molecule has 3 aromatic rings. The van der Waals surface area contributed by atoms with Crippen LogP contribution >= 0.6 is 0 Å². The molecule has 0 heterocycles. The molecule has 0 radical (unpaired) electrons. The number of carbonyl (C=O) groups excluding carboxylic acids is 1. The van der Waals surface area contributed by atoms with Crippen LogP contribution in [0.2, 0.25) is 0 Å². The molecule has 8 heteroatoms. The molecule has 2 N–H and O–H groups in total. The predicted molar refractivity (Wildman–Crippen MR) is 124 cm³/mol. The molecule has 1 atom stereocenters. The van der Waals surface area contributed by atoms with Crippen LogP contribution in [0.15, 0.2) is 77.9 Å². The topological polar surface area (TPSA) is 106 Å². The average Bonchev–Trinajstić information content (AvgIpc) is 2.84. The third kappa shape index (κ3) is 6.83. The van der Waals surface area contributed by atoms with Crippen LogP contribution in [0, 0.1) is 0 Å². The molecular formula is C25H24N2O6. The van der Waals surface area contributed by atoms with Gasteiger partial charge >= 0.3 is 5.97 Å². The van der Waals surface area contributed by atoms with Crippen molar-refractivity contribution in [2.75, 3.05) is 13.7 Å². The van der Waals surface area contributed by atoms with E-state index in [1.165, 1.54) is 20.2 Å². The minimum atomic E-state index is -1.08. The zero-order valence-corrected chi connectivity index (χ0v) is 18.2. The fourth-order valence-corrected chi connectivity index (χ4v) is 2.84. The molecule has 1 amide bonds. The highest BCUT2D eigenvalue weighted by Crippen LogP contribution is 2.28. The van der Waals surface area contributed by atoms with E-state index in [9.17, 15) is 9.59 Å². The van der Waals surface area contributed by atoms with Gasteiger partial charge in [-0.1, -0.05) is 42.5 Å². The first-order valence-electron chi connectivity index (χ1n) is 10.1. The van der Waals surface area contributed by atoms with Crippen molar-refractivity contribution in [3.05, 3.63) is 78.4 Å². The van der Waals surface area contributed by atoms with E-state index >= 15 is 0 Å². The number of hydrazone groups is 1. The molecule has 0 aliphatic heterocycles. The number of methoxy groups -OCH3 is 1. The van der Waals surface area contributed by atoms with Gasteiger partial charge in [0, 0.05) is 0 Å². The highest BCUT2D eigenvalue weighted by atomic mass is 16.5. The van der Waals surface area contributed by atoms with Crippen LogP contribution in [0.4, 0.5) is 0 Å². The summed E-state index contributed by atoms with van der Waals surface area (Å²) < 4.78 is 16.1. The van der Waals surface area contributed by atoms with Crippen LogP contribution in [0.5, 0.6) is 17.2 Å². The molecule has 3 rings (SSSR count). The van der Waals surface area contributed by atoms with Gasteiger partial charge < -0.3 is 19.3 Å². The SMILES string of the molecule is COc1cc(/C=N/NC(=O)COc2ccc(-c3ccccc3)cc2)ccc1O[C@H](C)C(=O)O. The van der Waals surface area contributed by atoms with Crippen molar-refractivity contribution in [2.45, 2.75) is 13.0 Å². The van der Waals surface area contributed by atoms with Crippen LogP contribution in [0.1, 0.15) is 12.5 Å². The number of hydrogen-bond acceptors (Lipinski definition) is 6. The standard InChI is InChI=1S/C25H24N2O6/c1-17(25(29)30)33-22-13-8-18(14-23(22)31-2)15-26-27-24(28)16-32-21-11-9-20(10-12-21)19-6-4-3-5-7-19/h3-15,17H,16H2,1-2H3,(H,27,28)(H,29,30)/b26-15+/t17-/m1/s1. The van der Waals surface area contributed by atoms with Gasteiger partial charge in [-0.3, -0.25) is 4.79 Å². The van der Waals surface area contributed by atoms with Gasteiger partial charge in [0.05, 0.1) is 13.3 Å². The monoisotopic (exact) mass is 448 g/mol. The highest BCUT2D eigenvalue weighted by Gasteiger charge is 2.15. The van der Waals surface area contributed by atoms with Crippen LogP contribution in [-0.2, 0) is 9.59 Å². The molecule has 0 unspecified atom stereocenters. The lowest BCUT2D eigenvalue weighted by atomic mass is 10.1. The molecule has 0 aromatic heterocycles. The Morgan fingerprint density at radius 2 is 1.70 bits per heavy atom. The summed E-state index contributed by atoms with van der Waals surface area (Å²) in [5.41, 5.74) is 5.18. The number of ether oxygens (including phenoxy) is 3. The van der Waals surface area contributed by atoms with Crippen molar-refractivity contribution in [1.82, 2.24) is 5.43 Å². The van der Waals surface area contributed by atoms with Crippen LogP contribution in [0.3, 0.4) is 0 Å². The molecule has 0 bridgehead atoms. The fourth-order valence-electron chi connectivity index (χ4n) is 2.84. The van der Waals surface area contributed by atoms with Crippen molar-refractivity contribution in [3.8, 4) is 28.4 Å². The number of carboxylic acid groups (broad SMARTS) is 1. The normalized spacial score (nSPS) is 11.6. The number of amides is 1. The van der Waals surface area contributed by atoms with E-state index in [0.717, 1.165) is 11.1 Å². The van der Waals surface area contributed by atoms with Gasteiger partial charge in [0.1, 0.15) is 5.75 Å². The Kier molecular flexibility index (Phi) is 8.02. The van der Waals surface area contributed by atoms with Gasteiger partial charge in [-0.05, 0) is 53.9 Å². The first-order valence-corrected chi connectivity index (χ1v) is 10.1. The average molecular weight is 448 g/mol. The van der Waals surface area contributed by atoms with Crippen LogP contribution in [-0.4, -0.2) is 43.0 Å². The van der Waals surface area contributed by atoms with Gasteiger partial charge in [-0.25, -0.2) is 10.2 Å². The molecule has 0 saturated carbocycles. The molecule has 8 nitrogen and oxygen atoms in total. The van der Waals surface area contributed by atoms with E-state index in [1.54, 1.807) is 30.3 Å². The van der Waals surface area contributed by atoms with E-state index in [0.29, 0.717) is 22.8 Å². The minimum Gasteiger partial charge on any atom is -0.493 e. The van der Waals surface area contributed by atoms with Crippen molar-refractivity contribution < 1.29 is 28.9 Å². The first-order chi connectivity index (χ1) is 16.0. The number of hydrogen-bond donors (Lipinski definition) is 2. The van der Waals surface area contributed by atoms with Crippen LogP contribution < -0.4 is 19.6 Å². The van der Waals surface area contributed by atoms with Gasteiger partial charge in [-0.2, -0.15) is 5.10 Å². The molecule has 0 saturated heterocycles. The Morgan fingerprint density at radius 3 is 2.36 bits per heavy atom. The van der Waals surface area contributed by atoms with Crippen molar-refractivity contribution >= 4 is 18.1 Å². The summed E-state index contributed by atoms with van der Waals surface area (Å²) in [6, 6.07) is 22.3. The summed E-state index contributed by atoms with van der Waals surface area (Å²) in [4.78, 5) is 23.0. The summed E-state index contributed by atoms with van der Waals surface area (Å²) >= 11 is 0. The number of rotatable bonds is 10. The third-order valence-corrected chi connectivity index (χ3v) is 4.57. The quantitative estimate of drug-likeness (QED) is 0.361. The van der Waals surface area contributed by atoms with Gasteiger partial charge in [-0.15, -0.1) is 0 Å². The largest absolute Gasteiger partial charge is 0.493 e. The van der Waals surface area contributed by atoms with E-state index < -0.39 is 18.0 Å². The summed E-state index contributed by atoms with van der Waals surface area (Å²) in [5.74, 6) is -0.286. The maximum Gasteiger partial charge on any atom is 0.344 e. The predicted octanol–water partition coefficient (Wildman–Crippen LogP) is 3.74. The number of carbonyl (C=O) groups is 2. The van der Waals surface area contributed by atoms with Crippen LogP contribution in [0.25, 0.3) is 11.1 Å².